The molecule has 0 N–H and O–H groups in total. The minimum atomic E-state index is -0.290. The van der Waals surface area contributed by atoms with Crippen LogP contribution < -0.4 is 0 Å². The molecule has 0 radical (unpaired) electrons. The molecule has 0 unspecified atom stereocenters. The van der Waals surface area contributed by atoms with E-state index in [9.17, 15) is 10.1 Å². The highest BCUT2D eigenvalue weighted by Crippen LogP contribution is 2.41. The fourth-order valence-corrected chi connectivity index (χ4v) is 3.95. The number of hydrogen-bond donors (Lipinski definition) is 0. The van der Waals surface area contributed by atoms with E-state index in [2.05, 4.69) is 30.4 Å². The van der Waals surface area contributed by atoms with Crippen LogP contribution in [0, 0.1) is 10.1 Å². The number of nitrogens with zero attached hydrogens (tertiary/aromatic N) is 1. The van der Waals surface area contributed by atoms with Gasteiger partial charge in [-0.3, -0.25) is 10.1 Å². The highest BCUT2D eigenvalue weighted by molar-refractivity contribution is 6.26. The van der Waals surface area contributed by atoms with Gasteiger partial charge in [-0.05, 0) is 57.6 Å². The molecule has 4 aromatic rings. The largest absolute Gasteiger partial charge is 0.277 e. The van der Waals surface area contributed by atoms with Crippen LogP contribution >= 0.6 is 0 Å². The number of fused-ring (bicyclic) bond motifs is 2. The fraction of sp³-hybridized carbons (Fsp3) is 0.100. The van der Waals surface area contributed by atoms with E-state index in [1.165, 1.54) is 21.9 Å². The van der Waals surface area contributed by atoms with Crippen molar-refractivity contribution in [1.29, 1.82) is 0 Å². The molecule has 0 fully saturated rings. The maximum atomic E-state index is 11.4. The van der Waals surface area contributed by atoms with Crippen LogP contribution in [-0.2, 0) is 6.42 Å². The molecule has 0 aromatic heterocycles. The predicted octanol–water partition coefficient (Wildman–Crippen LogP) is 5.45. The summed E-state index contributed by atoms with van der Waals surface area (Å²) in [5.41, 5.74) is 2.82. The lowest BCUT2D eigenvalue weighted by Gasteiger charge is -2.18. The van der Waals surface area contributed by atoms with Gasteiger partial charge in [-0.2, -0.15) is 0 Å². The van der Waals surface area contributed by atoms with Crippen LogP contribution in [0.1, 0.15) is 17.5 Å². The Hall–Kier alpha value is -2.94. The van der Waals surface area contributed by atoms with Gasteiger partial charge in [-0.1, -0.05) is 36.4 Å². The van der Waals surface area contributed by atoms with Crippen molar-refractivity contribution in [2.45, 2.75) is 12.8 Å². The van der Waals surface area contributed by atoms with Gasteiger partial charge in [0.1, 0.15) is 0 Å². The molecule has 0 bridgehead atoms. The third-order valence-corrected chi connectivity index (χ3v) is 4.95. The second-order valence-electron chi connectivity index (χ2n) is 6.15. The van der Waals surface area contributed by atoms with Gasteiger partial charge in [0.2, 0.25) is 0 Å². The Morgan fingerprint density at radius 2 is 1.65 bits per heavy atom. The van der Waals surface area contributed by atoms with Crippen molar-refractivity contribution in [3.63, 3.8) is 0 Å². The van der Waals surface area contributed by atoms with Gasteiger partial charge in [0.05, 0.1) is 10.3 Å². The highest BCUT2D eigenvalue weighted by Gasteiger charge is 2.19. The van der Waals surface area contributed by atoms with E-state index in [4.69, 9.17) is 0 Å². The zero-order valence-electron chi connectivity index (χ0n) is 12.4. The molecule has 0 heterocycles. The lowest BCUT2D eigenvalue weighted by atomic mass is 9.86. The Morgan fingerprint density at radius 3 is 2.52 bits per heavy atom. The SMILES string of the molecule is O=[N+]([O-])c1ccc2ccc3cc4c(c5ccc1c2c35)C=CCC4. The molecule has 5 rings (SSSR count). The standard InChI is InChI=1S/C20H13NO2/c22-21(23)18-10-7-12-5-6-14-11-13-3-1-2-4-15(13)16-8-9-17(18)19(12)20(14)16/h2,4-11H,1,3H2. The molecule has 0 spiro atoms. The van der Waals surface area contributed by atoms with Crippen LogP contribution in [0.25, 0.3) is 38.4 Å². The van der Waals surface area contributed by atoms with Crippen LogP contribution in [0.15, 0.2) is 48.5 Å². The van der Waals surface area contributed by atoms with Crippen LogP contribution in [0.3, 0.4) is 0 Å². The van der Waals surface area contributed by atoms with Gasteiger partial charge < -0.3 is 0 Å². The van der Waals surface area contributed by atoms with Crippen LogP contribution in [-0.4, -0.2) is 4.92 Å². The number of benzene rings is 4. The highest BCUT2D eigenvalue weighted by atomic mass is 16.6. The number of rotatable bonds is 1. The average Bonchev–Trinajstić information content (AvgIpc) is 2.58. The van der Waals surface area contributed by atoms with E-state index < -0.39 is 0 Å². The minimum absolute atomic E-state index is 0.181. The molecule has 0 amide bonds. The number of aryl methyl sites for hydroxylation is 1. The molecule has 3 nitrogen and oxygen atoms in total. The number of hydrogen-bond acceptors (Lipinski definition) is 2. The summed E-state index contributed by atoms with van der Waals surface area (Å²) in [6.07, 6.45) is 6.54. The summed E-state index contributed by atoms with van der Waals surface area (Å²) < 4.78 is 0. The van der Waals surface area contributed by atoms with Crippen LogP contribution in [0.5, 0.6) is 0 Å². The van der Waals surface area contributed by atoms with Gasteiger partial charge in [0.25, 0.3) is 5.69 Å². The van der Waals surface area contributed by atoms with Crippen molar-refractivity contribution in [1.82, 2.24) is 0 Å². The van der Waals surface area contributed by atoms with Gasteiger partial charge in [-0.25, -0.2) is 0 Å². The summed E-state index contributed by atoms with van der Waals surface area (Å²) in [5.74, 6) is 0. The maximum Gasteiger partial charge on any atom is 0.277 e. The summed E-state index contributed by atoms with van der Waals surface area (Å²) in [7, 11) is 0. The molecular formula is C20H13NO2. The topological polar surface area (TPSA) is 43.1 Å². The smallest absolute Gasteiger partial charge is 0.258 e. The van der Waals surface area contributed by atoms with Crippen molar-refractivity contribution in [3.8, 4) is 0 Å². The van der Waals surface area contributed by atoms with Crippen molar-refractivity contribution in [2.75, 3.05) is 0 Å². The second kappa shape index (κ2) is 4.29. The summed E-state index contributed by atoms with van der Waals surface area (Å²) >= 11 is 0. The average molecular weight is 299 g/mol. The molecule has 0 saturated heterocycles. The third kappa shape index (κ3) is 1.59. The van der Waals surface area contributed by atoms with Crippen molar-refractivity contribution < 1.29 is 4.92 Å². The van der Waals surface area contributed by atoms with Crippen LogP contribution in [0.4, 0.5) is 5.69 Å². The van der Waals surface area contributed by atoms with Gasteiger partial charge >= 0.3 is 0 Å². The van der Waals surface area contributed by atoms with Crippen molar-refractivity contribution in [3.05, 3.63) is 69.8 Å². The molecule has 23 heavy (non-hydrogen) atoms. The Kier molecular flexibility index (Phi) is 2.35. The Labute approximate surface area is 132 Å². The molecule has 0 atom stereocenters. The molecular weight excluding hydrogens is 286 g/mol. The minimum Gasteiger partial charge on any atom is -0.258 e. The van der Waals surface area contributed by atoms with Crippen molar-refractivity contribution in [2.24, 2.45) is 0 Å². The first-order valence-corrected chi connectivity index (χ1v) is 7.78. The van der Waals surface area contributed by atoms with Crippen LogP contribution in [0.2, 0.25) is 0 Å². The normalized spacial score (nSPS) is 13.9. The number of allylic oxidation sites excluding steroid dienone is 1. The predicted molar refractivity (Wildman–Crippen MR) is 94.2 cm³/mol. The number of non-ortho nitro benzene ring substituents is 1. The molecule has 110 valence electrons. The molecule has 0 saturated carbocycles. The van der Waals surface area contributed by atoms with Gasteiger partial charge in [-0.15, -0.1) is 0 Å². The summed E-state index contributed by atoms with van der Waals surface area (Å²) in [6.45, 7) is 0. The lowest BCUT2D eigenvalue weighted by Crippen LogP contribution is -1.97. The van der Waals surface area contributed by atoms with E-state index >= 15 is 0 Å². The molecule has 4 aromatic carbocycles. The molecule has 1 aliphatic rings. The third-order valence-electron chi connectivity index (χ3n) is 4.95. The Balaban J connectivity index is 2.07. The number of nitro groups is 1. The van der Waals surface area contributed by atoms with E-state index in [-0.39, 0.29) is 10.6 Å². The van der Waals surface area contributed by atoms with E-state index in [1.54, 1.807) is 6.07 Å². The van der Waals surface area contributed by atoms with Gasteiger partial charge in [0.15, 0.2) is 0 Å². The first-order valence-electron chi connectivity index (χ1n) is 7.78. The zero-order valence-corrected chi connectivity index (χ0v) is 12.4. The summed E-state index contributed by atoms with van der Waals surface area (Å²) in [5, 5.41) is 17.7. The monoisotopic (exact) mass is 299 g/mol. The second-order valence-corrected chi connectivity index (χ2v) is 6.15. The lowest BCUT2D eigenvalue weighted by molar-refractivity contribution is -0.383. The first kappa shape index (κ1) is 12.6. The molecule has 3 heteroatoms. The summed E-state index contributed by atoms with van der Waals surface area (Å²) in [4.78, 5) is 11.1. The first-order chi connectivity index (χ1) is 11.2. The fourth-order valence-electron chi connectivity index (χ4n) is 3.95. The zero-order chi connectivity index (χ0) is 15.6. The Bertz CT molecular complexity index is 1140. The van der Waals surface area contributed by atoms with Crippen molar-refractivity contribution >= 4 is 44.1 Å². The van der Waals surface area contributed by atoms with E-state index in [0.717, 1.165) is 34.4 Å². The maximum absolute atomic E-state index is 11.4. The quantitative estimate of drug-likeness (QED) is 0.266. The molecule has 1 aliphatic carbocycles. The number of nitro benzene ring substituents is 1. The summed E-state index contributed by atoms with van der Waals surface area (Å²) in [6, 6.07) is 13.9. The van der Waals surface area contributed by atoms with E-state index in [0.29, 0.717) is 0 Å². The van der Waals surface area contributed by atoms with Gasteiger partial charge in [0, 0.05) is 11.5 Å². The molecule has 0 aliphatic heterocycles. The Morgan fingerprint density at radius 1 is 0.913 bits per heavy atom. The van der Waals surface area contributed by atoms with E-state index in [1.807, 2.05) is 18.2 Å².